The first kappa shape index (κ1) is 77.0. The minimum Gasteiger partial charge on any atom is -0.394 e. The molecule has 0 saturated carbocycles. The van der Waals surface area contributed by atoms with Crippen molar-refractivity contribution in [2.75, 3.05) is 26.4 Å². The third-order valence-electron chi connectivity index (χ3n) is 15.6. The first-order valence-electron chi connectivity index (χ1n) is 32.5. The van der Waals surface area contributed by atoms with Crippen molar-refractivity contribution < 1.29 is 89.4 Å². The van der Waals surface area contributed by atoms with E-state index < -0.39 is 124 Å². The molecule has 19 nitrogen and oxygen atoms in total. The molecular weight excluding hydrogens is 1110 g/mol. The summed E-state index contributed by atoms with van der Waals surface area (Å²) in [6.07, 6.45) is 35.7. The second-order valence-electron chi connectivity index (χ2n) is 22.8. The number of nitrogens with one attached hydrogen (secondary N) is 1. The third kappa shape index (κ3) is 31.0. The van der Waals surface area contributed by atoms with Crippen molar-refractivity contribution in [2.45, 2.75) is 291 Å². The smallest absolute Gasteiger partial charge is 0.220 e. The lowest BCUT2D eigenvalue weighted by atomic mass is 9.96. The van der Waals surface area contributed by atoms with Gasteiger partial charge in [-0.15, -0.1) is 0 Å². The van der Waals surface area contributed by atoms with E-state index in [-0.39, 0.29) is 18.9 Å². The fraction of sp³-hybridized carbons (Fsp3) is 0.746. The molecule has 0 aromatic rings. The summed E-state index contributed by atoms with van der Waals surface area (Å²) < 4.78 is 34.2. The molecule has 0 aromatic carbocycles. The van der Waals surface area contributed by atoms with Gasteiger partial charge in [0.2, 0.25) is 5.91 Å². The maximum absolute atomic E-state index is 13.3. The van der Waals surface area contributed by atoms with E-state index in [1.807, 2.05) is 6.08 Å². The average Bonchev–Trinajstić information content (AvgIpc) is 1.89. The normalized spacial score (nSPS) is 29.4. The van der Waals surface area contributed by atoms with E-state index in [0.29, 0.717) is 12.8 Å². The number of rotatable bonds is 47. The van der Waals surface area contributed by atoms with Crippen molar-refractivity contribution in [2.24, 2.45) is 0 Å². The number of amides is 1. The van der Waals surface area contributed by atoms with Crippen LogP contribution in [0.3, 0.4) is 0 Å². The summed E-state index contributed by atoms with van der Waals surface area (Å²) in [5, 5.41) is 120. The molecular formula is C67H113NO18. The van der Waals surface area contributed by atoms with Gasteiger partial charge >= 0.3 is 0 Å². The van der Waals surface area contributed by atoms with Crippen molar-refractivity contribution in [3.63, 3.8) is 0 Å². The minimum atomic E-state index is -1.98. The van der Waals surface area contributed by atoms with Crippen LogP contribution in [0.2, 0.25) is 0 Å². The van der Waals surface area contributed by atoms with Crippen LogP contribution in [0.5, 0.6) is 0 Å². The SMILES string of the molecule is CC/C=C\C/C=C\C/C=C\C/C=C\C/C=C\CCCCCCCCCCCCCCCCCC(=O)NC(COC1OC(CO)C(OC2OC(CO)C(OC3OC(CO)C(O)C(O)C3O)C(O)C2O)C(O)C1O)C(O)/C=C/CC/C=C/CC/C=C/CC. The molecule has 19 heteroatoms. The molecule has 0 aliphatic carbocycles. The van der Waals surface area contributed by atoms with E-state index in [9.17, 15) is 61.0 Å². The first-order valence-corrected chi connectivity index (χ1v) is 32.5. The zero-order chi connectivity index (χ0) is 62.6. The van der Waals surface area contributed by atoms with Crippen molar-refractivity contribution in [1.29, 1.82) is 0 Å². The standard InChI is InChI=1S/C67H113NO18/c1-3-5-7-9-11-13-15-16-17-18-19-20-21-22-23-24-25-26-27-28-29-30-31-32-33-34-35-37-39-41-43-45-55(73)68-50(51(72)44-42-40-38-36-14-12-10-8-6-4-2)49-81-65-61(79)58(76)63(53(47-70)83-65)86-67-62(80)59(77)64(54(48-71)84-67)85-66-60(78)57(75)56(74)52(46-69)82-66/h5-8,11,13-14,16-17,19-20,22-23,36,42,44,50-54,56-67,69-72,74-80H,3-4,9-10,12,15,18,21,24-35,37-41,43,45-49H2,1-2H3,(H,68,73)/b7-5-,8-6+,13-11-,17-16-,20-19-,23-22-,36-14+,44-42+. The molecule has 17 unspecified atom stereocenters. The summed E-state index contributed by atoms with van der Waals surface area (Å²) in [5.74, 6) is -0.297. The Bertz CT molecular complexity index is 1940. The number of unbranched alkanes of at least 4 members (excludes halogenated alkanes) is 17. The summed E-state index contributed by atoms with van der Waals surface area (Å²) in [5.41, 5.74) is 0. The number of hydrogen-bond donors (Lipinski definition) is 12. The number of ether oxygens (including phenoxy) is 6. The highest BCUT2D eigenvalue weighted by Gasteiger charge is 2.53. The third-order valence-corrected chi connectivity index (χ3v) is 15.6. The van der Waals surface area contributed by atoms with Crippen molar-refractivity contribution in [1.82, 2.24) is 5.32 Å². The van der Waals surface area contributed by atoms with Crippen molar-refractivity contribution >= 4 is 5.91 Å². The second kappa shape index (κ2) is 48.5. The highest BCUT2D eigenvalue weighted by molar-refractivity contribution is 5.76. The van der Waals surface area contributed by atoms with E-state index in [1.165, 1.54) is 70.6 Å². The van der Waals surface area contributed by atoms with Crippen molar-refractivity contribution in [3.05, 3.63) is 97.2 Å². The molecule has 3 aliphatic heterocycles. The van der Waals surface area contributed by atoms with E-state index in [1.54, 1.807) is 6.08 Å². The Morgan fingerprint density at radius 1 is 0.419 bits per heavy atom. The number of aliphatic hydroxyl groups is 11. The zero-order valence-corrected chi connectivity index (χ0v) is 51.7. The molecule has 3 heterocycles. The van der Waals surface area contributed by atoms with Gasteiger partial charge in [0.1, 0.15) is 73.2 Å². The van der Waals surface area contributed by atoms with Crippen LogP contribution in [0.15, 0.2) is 97.2 Å². The van der Waals surface area contributed by atoms with Gasteiger partial charge in [-0.2, -0.15) is 0 Å². The minimum absolute atomic E-state index is 0.226. The van der Waals surface area contributed by atoms with E-state index >= 15 is 0 Å². The first-order chi connectivity index (χ1) is 41.8. The van der Waals surface area contributed by atoms with Gasteiger partial charge < -0.3 is 89.9 Å². The van der Waals surface area contributed by atoms with E-state index in [0.717, 1.165) is 83.5 Å². The molecule has 0 spiro atoms. The molecule has 17 atom stereocenters. The molecule has 0 radical (unpaired) electrons. The topological polar surface area (TPSA) is 307 Å². The van der Waals surface area contributed by atoms with Crippen LogP contribution in [0.25, 0.3) is 0 Å². The van der Waals surface area contributed by atoms with Crippen LogP contribution in [0.4, 0.5) is 0 Å². The van der Waals surface area contributed by atoms with Crippen LogP contribution in [-0.2, 0) is 33.2 Å². The van der Waals surface area contributed by atoms with E-state index in [2.05, 4.69) is 104 Å². The molecule has 494 valence electrons. The summed E-state index contributed by atoms with van der Waals surface area (Å²) in [6.45, 7) is 1.43. The van der Waals surface area contributed by atoms with Crippen LogP contribution < -0.4 is 5.32 Å². The Morgan fingerprint density at radius 2 is 0.779 bits per heavy atom. The quantitative estimate of drug-likeness (QED) is 0.0210. The molecule has 3 rings (SSSR count). The Kier molecular flexibility index (Phi) is 43.4. The predicted octanol–water partition coefficient (Wildman–Crippen LogP) is 7.32. The molecule has 0 bridgehead atoms. The number of aliphatic hydroxyl groups excluding tert-OH is 11. The lowest BCUT2D eigenvalue weighted by Crippen LogP contribution is -2.66. The van der Waals surface area contributed by atoms with Gasteiger partial charge in [0.05, 0.1) is 38.6 Å². The summed E-state index contributed by atoms with van der Waals surface area (Å²) >= 11 is 0. The largest absolute Gasteiger partial charge is 0.394 e. The van der Waals surface area contributed by atoms with Gasteiger partial charge in [0.15, 0.2) is 18.9 Å². The Labute approximate surface area is 513 Å². The number of carbonyl (C=O) groups excluding carboxylic acids is 1. The molecule has 0 aromatic heterocycles. The highest BCUT2D eigenvalue weighted by Crippen LogP contribution is 2.33. The summed E-state index contributed by atoms with van der Waals surface area (Å²) in [4.78, 5) is 13.3. The molecule has 1 amide bonds. The number of carbonyl (C=O) groups is 1. The number of allylic oxidation sites excluding steroid dienone is 15. The van der Waals surface area contributed by atoms with Crippen LogP contribution in [0.1, 0.15) is 187 Å². The number of hydrogen-bond acceptors (Lipinski definition) is 18. The fourth-order valence-corrected chi connectivity index (χ4v) is 10.4. The fourth-order valence-electron chi connectivity index (χ4n) is 10.4. The Hall–Kier alpha value is -3.29. The predicted molar refractivity (Wildman–Crippen MR) is 332 cm³/mol. The van der Waals surface area contributed by atoms with Gasteiger partial charge in [0.25, 0.3) is 0 Å². The second-order valence-corrected chi connectivity index (χ2v) is 22.8. The molecule has 3 fully saturated rings. The maximum atomic E-state index is 13.3. The molecule has 86 heavy (non-hydrogen) atoms. The van der Waals surface area contributed by atoms with E-state index in [4.69, 9.17) is 28.4 Å². The Morgan fingerprint density at radius 3 is 1.26 bits per heavy atom. The highest BCUT2D eigenvalue weighted by atomic mass is 16.8. The van der Waals surface area contributed by atoms with Crippen molar-refractivity contribution in [3.8, 4) is 0 Å². The zero-order valence-electron chi connectivity index (χ0n) is 51.7. The lowest BCUT2D eigenvalue weighted by Gasteiger charge is -2.48. The Balaban J connectivity index is 1.37. The molecule has 3 aliphatic rings. The van der Waals surface area contributed by atoms with Gasteiger partial charge in [-0.25, -0.2) is 0 Å². The van der Waals surface area contributed by atoms with Gasteiger partial charge in [-0.05, 0) is 83.5 Å². The van der Waals surface area contributed by atoms with Crippen LogP contribution in [-0.4, -0.2) is 193 Å². The maximum Gasteiger partial charge on any atom is 0.220 e. The monoisotopic (exact) mass is 1220 g/mol. The molecule has 12 N–H and O–H groups in total. The summed E-state index contributed by atoms with van der Waals surface area (Å²) in [7, 11) is 0. The van der Waals surface area contributed by atoms with Crippen LogP contribution in [0, 0.1) is 0 Å². The van der Waals surface area contributed by atoms with Gasteiger partial charge in [-0.3, -0.25) is 4.79 Å². The average molecular weight is 1220 g/mol. The summed E-state index contributed by atoms with van der Waals surface area (Å²) in [6, 6.07) is -0.999. The van der Waals surface area contributed by atoms with Gasteiger partial charge in [-0.1, -0.05) is 195 Å². The molecule has 3 saturated heterocycles. The van der Waals surface area contributed by atoms with Crippen LogP contribution >= 0.6 is 0 Å². The van der Waals surface area contributed by atoms with Gasteiger partial charge in [0, 0.05) is 6.42 Å². The lowest BCUT2D eigenvalue weighted by molar-refractivity contribution is -0.379.